The summed E-state index contributed by atoms with van der Waals surface area (Å²) < 4.78 is 5.54. The normalized spacial score (nSPS) is 20.6. The second kappa shape index (κ2) is 11.0. The molecule has 3 heterocycles. The van der Waals surface area contributed by atoms with Gasteiger partial charge in [0.15, 0.2) is 5.96 Å². The third kappa shape index (κ3) is 5.90. The molecule has 4 rings (SSSR count). The van der Waals surface area contributed by atoms with Crippen molar-refractivity contribution in [3.63, 3.8) is 0 Å². The zero-order valence-electron chi connectivity index (χ0n) is 19.8. The Morgan fingerprint density at radius 2 is 2.03 bits per heavy atom. The zero-order chi connectivity index (χ0) is 22.3. The van der Waals surface area contributed by atoms with Crippen LogP contribution < -0.4 is 15.5 Å². The summed E-state index contributed by atoms with van der Waals surface area (Å²) in [6, 6.07) is 10.9. The maximum Gasteiger partial charge on any atom is 0.191 e. The molecule has 2 aliphatic rings. The van der Waals surface area contributed by atoms with Gasteiger partial charge in [0.2, 0.25) is 0 Å². The predicted molar refractivity (Wildman–Crippen MR) is 132 cm³/mol. The van der Waals surface area contributed by atoms with Crippen molar-refractivity contribution in [2.45, 2.75) is 38.8 Å². The van der Waals surface area contributed by atoms with Crippen molar-refractivity contribution in [1.82, 2.24) is 20.5 Å². The van der Waals surface area contributed by atoms with E-state index in [0.717, 1.165) is 68.9 Å². The van der Waals surface area contributed by atoms with Gasteiger partial charge < -0.3 is 25.2 Å². The van der Waals surface area contributed by atoms with Crippen molar-refractivity contribution in [1.29, 1.82) is 0 Å². The Labute approximate surface area is 192 Å². The number of aliphatic imine (C=N–C) groups is 1. The van der Waals surface area contributed by atoms with E-state index in [-0.39, 0.29) is 0 Å². The van der Waals surface area contributed by atoms with Gasteiger partial charge in [-0.15, -0.1) is 0 Å². The number of pyridine rings is 1. The average Bonchev–Trinajstić information content (AvgIpc) is 3.31. The summed E-state index contributed by atoms with van der Waals surface area (Å²) >= 11 is 0. The van der Waals surface area contributed by atoms with Gasteiger partial charge in [-0.25, -0.2) is 9.98 Å². The van der Waals surface area contributed by atoms with Crippen molar-refractivity contribution < 1.29 is 4.74 Å². The maximum absolute atomic E-state index is 5.54. The molecule has 2 N–H and O–H groups in total. The summed E-state index contributed by atoms with van der Waals surface area (Å²) in [6.45, 7) is 8.96. The fourth-order valence-electron chi connectivity index (χ4n) is 4.62. The van der Waals surface area contributed by atoms with Crippen LogP contribution in [-0.4, -0.2) is 75.4 Å². The first kappa shape index (κ1) is 22.8. The molecule has 2 aromatic rings. The van der Waals surface area contributed by atoms with Crippen molar-refractivity contribution in [2.75, 3.05) is 58.4 Å². The van der Waals surface area contributed by atoms with E-state index < -0.39 is 0 Å². The second-order valence-electron chi connectivity index (χ2n) is 9.20. The van der Waals surface area contributed by atoms with E-state index in [4.69, 9.17) is 14.7 Å². The van der Waals surface area contributed by atoms with Gasteiger partial charge in [0.25, 0.3) is 0 Å². The maximum atomic E-state index is 5.54. The standard InChI is InChI=1S/C25H38N6O/c1-4-26-25(28-21-9-12-31(13-10-21)17-19-11-14-32-18-19)27-16-20-15-24(30(2)3)29-23-8-6-5-7-22(20)23/h5-8,15,19,21H,4,9-14,16-18H2,1-3H3,(H2,26,27,28). The predicted octanol–water partition coefficient (Wildman–Crippen LogP) is 2.86. The van der Waals surface area contributed by atoms with Crippen LogP contribution in [-0.2, 0) is 11.3 Å². The van der Waals surface area contributed by atoms with Crippen molar-refractivity contribution in [2.24, 2.45) is 10.9 Å². The van der Waals surface area contributed by atoms with Crippen LogP contribution in [0.5, 0.6) is 0 Å². The zero-order valence-corrected chi connectivity index (χ0v) is 19.8. The fourth-order valence-corrected chi connectivity index (χ4v) is 4.62. The number of nitrogens with zero attached hydrogens (tertiary/aromatic N) is 4. The number of ether oxygens (including phenoxy) is 1. The number of aromatic nitrogens is 1. The molecule has 0 radical (unpaired) electrons. The molecule has 1 aromatic carbocycles. The van der Waals surface area contributed by atoms with Crippen LogP contribution in [0.1, 0.15) is 31.7 Å². The van der Waals surface area contributed by atoms with E-state index in [1.54, 1.807) is 0 Å². The highest BCUT2D eigenvalue weighted by Crippen LogP contribution is 2.23. The quantitative estimate of drug-likeness (QED) is 0.512. The summed E-state index contributed by atoms with van der Waals surface area (Å²) in [4.78, 5) is 14.4. The number of rotatable bonds is 7. The molecule has 7 nitrogen and oxygen atoms in total. The van der Waals surface area contributed by atoms with E-state index >= 15 is 0 Å². The number of hydrogen-bond acceptors (Lipinski definition) is 5. The molecule has 7 heteroatoms. The molecular weight excluding hydrogens is 400 g/mol. The van der Waals surface area contributed by atoms with Crippen LogP contribution in [0.25, 0.3) is 10.9 Å². The van der Waals surface area contributed by atoms with E-state index in [0.29, 0.717) is 12.6 Å². The van der Waals surface area contributed by atoms with Crippen LogP contribution >= 0.6 is 0 Å². The molecule has 0 spiro atoms. The Morgan fingerprint density at radius 3 is 2.75 bits per heavy atom. The minimum atomic E-state index is 0.468. The average molecular weight is 439 g/mol. The number of nitrogens with one attached hydrogen (secondary N) is 2. The minimum absolute atomic E-state index is 0.468. The van der Waals surface area contributed by atoms with Crippen LogP contribution in [0.3, 0.4) is 0 Å². The largest absolute Gasteiger partial charge is 0.381 e. The van der Waals surface area contributed by atoms with Gasteiger partial charge in [0, 0.05) is 58.3 Å². The number of likely N-dealkylation sites (tertiary alicyclic amines) is 1. The molecule has 0 saturated carbocycles. The number of guanidine groups is 1. The lowest BCUT2D eigenvalue weighted by Crippen LogP contribution is -2.49. The molecule has 0 bridgehead atoms. The van der Waals surface area contributed by atoms with E-state index in [1.165, 1.54) is 23.9 Å². The van der Waals surface area contributed by atoms with Gasteiger partial charge in [-0.1, -0.05) is 18.2 Å². The number of fused-ring (bicyclic) bond motifs is 1. The Kier molecular flexibility index (Phi) is 7.81. The highest BCUT2D eigenvalue weighted by Gasteiger charge is 2.24. The van der Waals surface area contributed by atoms with Crippen molar-refractivity contribution >= 4 is 22.7 Å². The molecular formula is C25H38N6O. The fraction of sp³-hybridized carbons (Fsp3) is 0.600. The highest BCUT2D eigenvalue weighted by molar-refractivity contribution is 5.85. The summed E-state index contributed by atoms with van der Waals surface area (Å²) in [7, 11) is 4.06. The minimum Gasteiger partial charge on any atom is -0.381 e. The van der Waals surface area contributed by atoms with Crippen LogP contribution in [0.4, 0.5) is 5.82 Å². The van der Waals surface area contributed by atoms with E-state index in [2.05, 4.69) is 51.6 Å². The summed E-state index contributed by atoms with van der Waals surface area (Å²) in [5, 5.41) is 8.29. The summed E-state index contributed by atoms with van der Waals surface area (Å²) in [6.07, 6.45) is 3.52. The monoisotopic (exact) mass is 438 g/mol. The molecule has 0 amide bonds. The topological polar surface area (TPSA) is 65.0 Å². The lowest BCUT2D eigenvalue weighted by molar-refractivity contribution is 0.150. The van der Waals surface area contributed by atoms with Gasteiger partial charge in [-0.3, -0.25) is 0 Å². The molecule has 1 aromatic heterocycles. The number of para-hydroxylation sites is 1. The smallest absolute Gasteiger partial charge is 0.191 e. The lowest BCUT2D eigenvalue weighted by atomic mass is 10.0. The Morgan fingerprint density at radius 1 is 1.22 bits per heavy atom. The molecule has 174 valence electrons. The van der Waals surface area contributed by atoms with Gasteiger partial charge in [-0.05, 0) is 49.8 Å². The summed E-state index contributed by atoms with van der Waals surface area (Å²) in [5.41, 5.74) is 2.21. The van der Waals surface area contributed by atoms with Crippen LogP contribution in [0.2, 0.25) is 0 Å². The molecule has 32 heavy (non-hydrogen) atoms. The third-order valence-corrected chi connectivity index (χ3v) is 6.47. The molecule has 1 atom stereocenters. The van der Waals surface area contributed by atoms with Gasteiger partial charge in [0.1, 0.15) is 5.82 Å². The van der Waals surface area contributed by atoms with Crippen molar-refractivity contribution in [3.8, 4) is 0 Å². The number of anilines is 1. The number of piperidine rings is 1. The second-order valence-corrected chi connectivity index (χ2v) is 9.20. The number of hydrogen-bond donors (Lipinski definition) is 2. The summed E-state index contributed by atoms with van der Waals surface area (Å²) in [5.74, 6) is 2.59. The molecule has 2 aliphatic heterocycles. The molecule has 0 aliphatic carbocycles. The van der Waals surface area contributed by atoms with E-state index in [1.807, 2.05) is 20.2 Å². The molecule has 2 fully saturated rings. The Bertz CT molecular complexity index is 900. The third-order valence-electron chi connectivity index (χ3n) is 6.47. The highest BCUT2D eigenvalue weighted by atomic mass is 16.5. The lowest BCUT2D eigenvalue weighted by Gasteiger charge is -2.34. The van der Waals surface area contributed by atoms with Crippen LogP contribution in [0, 0.1) is 5.92 Å². The SMILES string of the molecule is CCNC(=NCc1cc(N(C)C)nc2ccccc12)NC1CCN(CC2CCOC2)CC1. The first-order valence-electron chi connectivity index (χ1n) is 12.0. The molecule has 1 unspecified atom stereocenters. The van der Waals surface area contributed by atoms with Crippen LogP contribution in [0.15, 0.2) is 35.3 Å². The number of benzene rings is 1. The Balaban J connectivity index is 1.39. The van der Waals surface area contributed by atoms with Gasteiger partial charge >= 0.3 is 0 Å². The molecule has 2 saturated heterocycles. The van der Waals surface area contributed by atoms with E-state index in [9.17, 15) is 0 Å². The Hall–Kier alpha value is -2.38. The van der Waals surface area contributed by atoms with Gasteiger partial charge in [0.05, 0.1) is 18.7 Å². The first-order chi connectivity index (χ1) is 15.6. The first-order valence-corrected chi connectivity index (χ1v) is 12.0. The van der Waals surface area contributed by atoms with Crippen molar-refractivity contribution in [3.05, 3.63) is 35.9 Å². The van der Waals surface area contributed by atoms with Gasteiger partial charge in [-0.2, -0.15) is 0 Å².